The number of ketones is 1. The molecule has 0 bridgehead atoms. The number of nitrogens with zero attached hydrogens (tertiary/aromatic N) is 1. The highest BCUT2D eigenvalue weighted by molar-refractivity contribution is 6.46. The Bertz CT molecular complexity index is 856. The molecule has 140 valence electrons. The second-order valence-corrected chi connectivity index (χ2v) is 6.62. The van der Waals surface area contributed by atoms with Crippen LogP contribution in [0, 0.1) is 6.92 Å². The number of aryl methyl sites for hydroxylation is 1. The smallest absolute Gasteiger partial charge is 0.295 e. The van der Waals surface area contributed by atoms with Crippen molar-refractivity contribution < 1.29 is 19.4 Å². The lowest BCUT2D eigenvalue weighted by molar-refractivity contribution is -0.140. The van der Waals surface area contributed by atoms with Gasteiger partial charge >= 0.3 is 0 Å². The van der Waals surface area contributed by atoms with Crippen LogP contribution in [-0.4, -0.2) is 42.0 Å². The summed E-state index contributed by atoms with van der Waals surface area (Å²) in [5.41, 5.74) is 2.50. The third kappa shape index (κ3) is 3.78. The van der Waals surface area contributed by atoms with Crippen molar-refractivity contribution in [3.63, 3.8) is 0 Å². The van der Waals surface area contributed by atoms with E-state index < -0.39 is 17.7 Å². The molecule has 27 heavy (non-hydrogen) atoms. The van der Waals surface area contributed by atoms with Crippen LogP contribution in [0.1, 0.15) is 29.2 Å². The Hall–Kier alpha value is -2.92. The Labute approximate surface area is 158 Å². The van der Waals surface area contributed by atoms with Crippen molar-refractivity contribution in [1.82, 2.24) is 4.90 Å². The molecule has 1 amide bonds. The Morgan fingerprint density at radius 1 is 1.07 bits per heavy atom. The first-order valence-corrected chi connectivity index (χ1v) is 8.94. The topological polar surface area (TPSA) is 66.8 Å². The minimum Gasteiger partial charge on any atom is -0.507 e. The van der Waals surface area contributed by atoms with E-state index in [4.69, 9.17) is 4.74 Å². The maximum Gasteiger partial charge on any atom is 0.295 e. The molecule has 1 unspecified atom stereocenters. The second-order valence-electron chi connectivity index (χ2n) is 6.62. The predicted octanol–water partition coefficient (Wildman–Crippen LogP) is 3.45. The van der Waals surface area contributed by atoms with Gasteiger partial charge in [0.25, 0.3) is 11.7 Å². The fraction of sp³-hybridized carbons (Fsp3) is 0.273. The normalized spacial score (nSPS) is 18.9. The second kappa shape index (κ2) is 8.18. The van der Waals surface area contributed by atoms with Gasteiger partial charge in [-0.1, -0.05) is 60.2 Å². The molecule has 0 aliphatic carbocycles. The van der Waals surface area contributed by atoms with E-state index in [1.807, 2.05) is 49.4 Å². The zero-order chi connectivity index (χ0) is 19.4. The van der Waals surface area contributed by atoms with Gasteiger partial charge < -0.3 is 14.7 Å². The molecule has 0 aromatic heterocycles. The molecule has 0 saturated carbocycles. The van der Waals surface area contributed by atoms with Crippen LogP contribution in [0.5, 0.6) is 0 Å². The summed E-state index contributed by atoms with van der Waals surface area (Å²) in [6.45, 7) is 2.81. The molecule has 1 heterocycles. The van der Waals surface area contributed by atoms with Crippen LogP contribution < -0.4 is 0 Å². The van der Waals surface area contributed by atoms with Gasteiger partial charge in [0, 0.05) is 25.8 Å². The van der Waals surface area contributed by atoms with E-state index in [-0.39, 0.29) is 11.3 Å². The Morgan fingerprint density at radius 2 is 1.74 bits per heavy atom. The number of amides is 1. The average Bonchev–Trinajstić information content (AvgIpc) is 2.94. The highest BCUT2D eigenvalue weighted by atomic mass is 16.5. The van der Waals surface area contributed by atoms with Crippen molar-refractivity contribution >= 4 is 17.4 Å². The third-order valence-corrected chi connectivity index (χ3v) is 4.73. The van der Waals surface area contributed by atoms with Gasteiger partial charge in [-0.25, -0.2) is 0 Å². The number of rotatable bonds is 6. The Morgan fingerprint density at radius 3 is 2.37 bits per heavy atom. The molecular formula is C22H23NO4. The number of Topliss-reactive ketones (excluding diaryl/α,β-unsaturated/α-hetero) is 1. The lowest BCUT2D eigenvalue weighted by Crippen LogP contribution is -2.31. The molecule has 1 aliphatic heterocycles. The number of aliphatic hydroxyl groups excluding tert-OH is 1. The number of hydrogen-bond acceptors (Lipinski definition) is 4. The first-order valence-electron chi connectivity index (χ1n) is 8.94. The quantitative estimate of drug-likeness (QED) is 0.368. The van der Waals surface area contributed by atoms with Crippen LogP contribution in [0.15, 0.2) is 60.2 Å². The summed E-state index contributed by atoms with van der Waals surface area (Å²) in [6.07, 6.45) is 0.609. The summed E-state index contributed by atoms with van der Waals surface area (Å²) in [5.74, 6) is -1.38. The summed E-state index contributed by atoms with van der Waals surface area (Å²) >= 11 is 0. The molecule has 1 saturated heterocycles. The molecule has 5 nitrogen and oxygen atoms in total. The zero-order valence-electron chi connectivity index (χ0n) is 15.5. The highest BCUT2D eigenvalue weighted by Crippen LogP contribution is 2.39. The monoisotopic (exact) mass is 365 g/mol. The largest absolute Gasteiger partial charge is 0.507 e. The molecule has 1 N–H and O–H groups in total. The van der Waals surface area contributed by atoms with Crippen LogP contribution in [0.3, 0.4) is 0 Å². The number of carbonyl (C=O) groups is 2. The average molecular weight is 365 g/mol. The van der Waals surface area contributed by atoms with E-state index in [1.54, 1.807) is 19.2 Å². The molecule has 2 aromatic carbocycles. The number of aliphatic hydroxyl groups is 1. The van der Waals surface area contributed by atoms with Crippen molar-refractivity contribution in [2.75, 3.05) is 20.3 Å². The number of hydrogen-bond donors (Lipinski definition) is 1. The van der Waals surface area contributed by atoms with Gasteiger partial charge in [-0.15, -0.1) is 0 Å². The molecule has 3 rings (SSSR count). The predicted molar refractivity (Wildman–Crippen MR) is 103 cm³/mol. The molecule has 1 fully saturated rings. The van der Waals surface area contributed by atoms with Gasteiger partial charge in [-0.2, -0.15) is 0 Å². The lowest BCUT2D eigenvalue weighted by atomic mass is 9.95. The van der Waals surface area contributed by atoms with Crippen molar-refractivity contribution in [2.45, 2.75) is 19.4 Å². The first kappa shape index (κ1) is 18.9. The minimum absolute atomic E-state index is 0.132. The molecular weight excluding hydrogens is 342 g/mol. The Kier molecular flexibility index (Phi) is 5.72. The molecule has 0 radical (unpaired) electrons. The maximum atomic E-state index is 12.8. The van der Waals surface area contributed by atoms with Crippen LogP contribution in [0.4, 0.5) is 0 Å². The van der Waals surface area contributed by atoms with Crippen molar-refractivity contribution in [3.05, 3.63) is 76.9 Å². The number of likely N-dealkylation sites (tertiary alicyclic amines) is 1. The summed E-state index contributed by atoms with van der Waals surface area (Å²) in [7, 11) is 1.60. The minimum atomic E-state index is -0.653. The van der Waals surface area contributed by atoms with Gasteiger partial charge in [0.05, 0.1) is 11.6 Å². The van der Waals surface area contributed by atoms with Gasteiger partial charge in [-0.05, 0) is 18.9 Å². The fourth-order valence-corrected chi connectivity index (χ4v) is 3.34. The molecule has 2 aromatic rings. The Balaban J connectivity index is 2.09. The zero-order valence-corrected chi connectivity index (χ0v) is 15.5. The van der Waals surface area contributed by atoms with E-state index in [9.17, 15) is 14.7 Å². The van der Waals surface area contributed by atoms with Crippen molar-refractivity contribution in [2.24, 2.45) is 0 Å². The van der Waals surface area contributed by atoms with Gasteiger partial charge in [-0.3, -0.25) is 9.59 Å². The van der Waals surface area contributed by atoms with E-state index in [0.29, 0.717) is 25.1 Å². The van der Waals surface area contributed by atoms with E-state index >= 15 is 0 Å². The fourth-order valence-electron chi connectivity index (χ4n) is 3.34. The summed E-state index contributed by atoms with van der Waals surface area (Å²) in [6, 6.07) is 15.9. The first-order chi connectivity index (χ1) is 13.0. The molecule has 1 atom stereocenters. The summed E-state index contributed by atoms with van der Waals surface area (Å²) in [5, 5.41) is 10.9. The van der Waals surface area contributed by atoms with Crippen LogP contribution in [0.25, 0.3) is 5.76 Å². The van der Waals surface area contributed by atoms with Gasteiger partial charge in [0.2, 0.25) is 0 Å². The van der Waals surface area contributed by atoms with E-state index in [0.717, 1.165) is 11.1 Å². The molecule has 0 spiro atoms. The molecule has 1 aliphatic rings. The van der Waals surface area contributed by atoms with E-state index in [2.05, 4.69) is 0 Å². The number of methoxy groups -OCH3 is 1. The molecule has 5 heteroatoms. The van der Waals surface area contributed by atoms with Gasteiger partial charge in [0.15, 0.2) is 0 Å². The van der Waals surface area contributed by atoms with Crippen LogP contribution in [-0.2, 0) is 14.3 Å². The lowest BCUT2D eigenvalue weighted by Gasteiger charge is -2.25. The standard InChI is InChI=1S/C22H23NO4/c1-15-9-11-17(12-10-15)20(24)18-19(16-7-4-3-5-8-16)23(13-6-14-27-2)22(26)21(18)25/h3-5,7-12,19,24H,6,13-14H2,1-2H3. The third-order valence-electron chi connectivity index (χ3n) is 4.73. The van der Waals surface area contributed by atoms with Crippen LogP contribution in [0.2, 0.25) is 0 Å². The van der Waals surface area contributed by atoms with Crippen molar-refractivity contribution in [1.29, 1.82) is 0 Å². The highest BCUT2D eigenvalue weighted by Gasteiger charge is 2.45. The van der Waals surface area contributed by atoms with Crippen molar-refractivity contribution in [3.8, 4) is 0 Å². The van der Waals surface area contributed by atoms with Crippen LogP contribution >= 0.6 is 0 Å². The maximum absolute atomic E-state index is 12.8. The van der Waals surface area contributed by atoms with Gasteiger partial charge in [0.1, 0.15) is 5.76 Å². The summed E-state index contributed by atoms with van der Waals surface area (Å²) in [4.78, 5) is 27.0. The number of ether oxygens (including phenoxy) is 1. The summed E-state index contributed by atoms with van der Waals surface area (Å²) < 4.78 is 5.08. The number of benzene rings is 2. The SMILES string of the molecule is COCCCN1C(=O)C(=O)C(=C(O)c2ccc(C)cc2)C1c1ccccc1. The van der Waals surface area contributed by atoms with E-state index in [1.165, 1.54) is 4.90 Å². The number of carbonyl (C=O) groups excluding carboxylic acids is 2.